The molecule has 8 nitrogen and oxygen atoms in total. The van der Waals surface area contributed by atoms with E-state index in [0.29, 0.717) is 30.7 Å². The van der Waals surface area contributed by atoms with E-state index in [9.17, 15) is 19.3 Å². The lowest BCUT2D eigenvalue weighted by atomic mass is 10.1. The highest BCUT2D eigenvalue weighted by atomic mass is 32.2. The van der Waals surface area contributed by atoms with Gasteiger partial charge in [0.1, 0.15) is 6.04 Å². The molecule has 2 saturated heterocycles. The molecule has 2 aromatic carbocycles. The molecule has 2 N–H and O–H groups in total. The highest BCUT2D eigenvalue weighted by Gasteiger charge is 2.51. The van der Waals surface area contributed by atoms with Crippen LogP contribution >= 0.6 is 11.8 Å². The van der Waals surface area contributed by atoms with Crippen LogP contribution in [0.25, 0.3) is 0 Å². The molecule has 0 radical (unpaired) electrons. The molecule has 2 fully saturated rings. The zero-order valence-electron chi connectivity index (χ0n) is 17.6. The van der Waals surface area contributed by atoms with Crippen molar-refractivity contribution in [1.29, 1.82) is 0 Å². The van der Waals surface area contributed by atoms with E-state index in [4.69, 9.17) is 5.84 Å². The van der Waals surface area contributed by atoms with Crippen molar-refractivity contribution in [2.24, 2.45) is 5.84 Å². The molecule has 2 heterocycles. The third kappa shape index (κ3) is 4.52. The monoisotopic (exact) mass is 453 g/mol. The molecule has 0 aliphatic carbocycles. The van der Waals surface area contributed by atoms with Crippen molar-refractivity contribution in [1.82, 2.24) is 9.80 Å². The van der Waals surface area contributed by atoms with Crippen LogP contribution in [0.3, 0.4) is 0 Å². The average molecular weight is 454 g/mol. The van der Waals surface area contributed by atoms with E-state index >= 15 is 0 Å². The van der Waals surface area contributed by atoms with E-state index in [0.717, 1.165) is 5.75 Å². The van der Waals surface area contributed by atoms with Gasteiger partial charge in [-0.25, -0.2) is 0 Å². The van der Waals surface area contributed by atoms with Crippen molar-refractivity contribution in [2.75, 3.05) is 18.8 Å². The van der Waals surface area contributed by atoms with Crippen LogP contribution in [0.2, 0.25) is 0 Å². The Morgan fingerprint density at radius 1 is 1.09 bits per heavy atom. The number of carbonyl (C=O) groups excluding carboxylic acids is 3. The van der Waals surface area contributed by atoms with E-state index in [1.54, 1.807) is 28.8 Å². The molecule has 2 atom stereocenters. The topological polar surface area (TPSA) is 104 Å². The number of ketones is 1. The van der Waals surface area contributed by atoms with Gasteiger partial charge in [-0.3, -0.25) is 14.4 Å². The first-order chi connectivity index (χ1) is 15.5. The SMILES string of the molecule is N[N+](=O)c1cccc(C(=O)N2CC(=O)C3C2CCN3C(=O)CCSCc2ccccc2)c1. The van der Waals surface area contributed by atoms with Crippen LogP contribution in [-0.4, -0.2) is 63.2 Å². The summed E-state index contributed by atoms with van der Waals surface area (Å²) in [6.07, 6.45) is 0.926. The predicted molar refractivity (Wildman–Crippen MR) is 121 cm³/mol. The summed E-state index contributed by atoms with van der Waals surface area (Å²) in [6.45, 7) is 0.429. The minimum absolute atomic E-state index is 0.0331. The molecule has 2 aromatic rings. The number of hydrogen-bond acceptors (Lipinski definition) is 5. The number of rotatable bonds is 7. The first-order valence-corrected chi connectivity index (χ1v) is 11.7. The maximum Gasteiger partial charge on any atom is 0.292 e. The molecule has 0 aromatic heterocycles. The fourth-order valence-corrected chi connectivity index (χ4v) is 5.27. The maximum absolute atomic E-state index is 13.0. The quantitative estimate of drug-likeness (QED) is 0.299. The highest BCUT2D eigenvalue weighted by molar-refractivity contribution is 7.98. The Hall–Kier alpha value is -3.20. The average Bonchev–Trinajstić information content (AvgIpc) is 3.38. The summed E-state index contributed by atoms with van der Waals surface area (Å²) in [6, 6.07) is 15.2. The molecular weight excluding hydrogens is 428 g/mol. The normalized spacial score (nSPS) is 19.8. The Balaban J connectivity index is 1.36. The first kappa shape index (κ1) is 22.0. The van der Waals surface area contributed by atoms with Gasteiger partial charge in [-0.2, -0.15) is 17.6 Å². The predicted octanol–water partition coefficient (Wildman–Crippen LogP) is 2.29. The lowest BCUT2D eigenvalue weighted by Gasteiger charge is -2.24. The molecule has 2 aliphatic rings. The second-order valence-electron chi connectivity index (χ2n) is 7.95. The third-order valence-corrected chi connectivity index (χ3v) is 6.95. The molecule has 2 unspecified atom stereocenters. The summed E-state index contributed by atoms with van der Waals surface area (Å²) < 4.78 is 0. The maximum atomic E-state index is 13.0. The minimum Gasteiger partial charge on any atom is -0.330 e. The Morgan fingerprint density at radius 2 is 1.88 bits per heavy atom. The number of nitrogens with two attached hydrogens (primary N) is 1. The smallest absolute Gasteiger partial charge is 0.292 e. The first-order valence-electron chi connectivity index (χ1n) is 10.5. The van der Waals surface area contributed by atoms with Crippen LogP contribution < -0.4 is 5.84 Å². The van der Waals surface area contributed by atoms with E-state index in [-0.39, 0.29) is 40.7 Å². The fourth-order valence-electron chi connectivity index (χ4n) is 4.38. The number of nitrogens with zero attached hydrogens (tertiary/aromatic N) is 3. The summed E-state index contributed by atoms with van der Waals surface area (Å²) in [5.41, 5.74) is 1.67. The largest absolute Gasteiger partial charge is 0.330 e. The Labute approximate surface area is 190 Å². The molecule has 2 aliphatic heterocycles. The molecule has 166 valence electrons. The van der Waals surface area contributed by atoms with Gasteiger partial charge in [0, 0.05) is 42.2 Å². The third-order valence-electron chi connectivity index (χ3n) is 5.92. The number of amides is 2. The number of carbonyl (C=O) groups is 3. The number of hydrogen-bond donors (Lipinski definition) is 1. The van der Waals surface area contributed by atoms with Crippen LogP contribution in [0.5, 0.6) is 0 Å². The zero-order valence-corrected chi connectivity index (χ0v) is 18.4. The molecule has 0 saturated carbocycles. The molecule has 32 heavy (non-hydrogen) atoms. The minimum atomic E-state index is -0.584. The summed E-state index contributed by atoms with van der Waals surface area (Å²) in [5.74, 6) is 6.25. The van der Waals surface area contributed by atoms with Gasteiger partial charge in [0.05, 0.1) is 17.5 Å². The summed E-state index contributed by atoms with van der Waals surface area (Å²) >= 11 is 1.69. The van der Waals surface area contributed by atoms with Crippen LogP contribution in [-0.2, 0) is 15.3 Å². The van der Waals surface area contributed by atoms with Crippen LogP contribution in [0.15, 0.2) is 54.6 Å². The Kier molecular flexibility index (Phi) is 6.55. The van der Waals surface area contributed by atoms with Gasteiger partial charge >= 0.3 is 0 Å². The van der Waals surface area contributed by atoms with Gasteiger partial charge in [0.15, 0.2) is 10.7 Å². The van der Waals surface area contributed by atoms with Gasteiger partial charge in [0.25, 0.3) is 11.6 Å². The second-order valence-corrected chi connectivity index (χ2v) is 9.06. The van der Waals surface area contributed by atoms with E-state index in [1.165, 1.54) is 22.6 Å². The van der Waals surface area contributed by atoms with Crippen LogP contribution in [0, 0.1) is 4.91 Å². The van der Waals surface area contributed by atoms with Gasteiger partial charge in [-0.05, 0) is 18.1 Å². The van der Waals surface area contributed by atoms with Gasteiger partial charge < -0.3 is 9.80 Å². The molecule has 0 spiro atoms. The van der Waals surface area contributed by atoms with Crippen molar-refractivity contribution < 1.29 is 19.3 Å². The lowest BCUT2D eigenvalue weighted by molar-refractivity contribution is -0.474. The van der Waals surface area contributed by atoms with E-state index in [1.807, 2.05) is 18.2 Å². The van der Waals surface area contributed by atoms with Crippen molar-refractivity contribution in [3.63, 3.8) is 0 Å². The Morgan fingerprint density at radius 3 is 2.62 bits per heavy atom. The molecule has 2 amide bonds. The number of Topliss-reactive ketones (excluding diaryl/α,β-unsaturated/α-hetero) is 1. The van der Waals surface area contributed by atoms with Crippen molar-refractivity contribution >= 4 is 35.0 Å². The zero-order chi connectivity index (χ0) is 22.7. The van der Waals surface area contributed by atoms with E-state index < -0.39 is 6.04 Å². The van der Waals surface area contributed by atoms with Crippen molar-refractivity contribution in [3.05, 3.63) is 70.6 Å². The standard InChI is InChI=1S/C23H25N4O4S/c24-27(31)18-8-4-7-17(13-18)23(30)26-14-20(28)22-19(26)9-11-25(22)21(29)10-12-32-15-16-5-2-1-3-6-16/h1-8,13,19,22H,9-12,14-15H2,(H2,24,31)/q+1. The van der Waals surface area contributed by atoms with Crippen molar-refractivity contribution in [3.8, 4) is 0 Å². The number of benzene rings is 2. The highest BCUT2D eigenvalue weighted by Crippen LogP contribution is 2.32. The summed E-state index contributed by atoms with van der Waals surface area (Å²) in [4.78, 5) is 53.3. The number of likely N-dealkylation sites (tertiary alicyclic amines) is 2. The second kappa shape index (κ2) is 9.52. The molecule has 9 heteroatoms. The molecule has 0 bridgehead atoms. The van der Waals surface area contributed by atoms with Gasteiger partial charge in [-0.1, -0.05) is 36.4 Å². The summed E-state index contributed by atoms with van der Waals surface area (Å²) in [7, 11) is 0. The van der Waals surface area contributed by atoms with Crippen LogP contribution in [0.4, 0.5) is 5.69 Å². The summed E-state index contributed by atoms with van der Waals surface area (Å²) in [5, 5.41) is 0. The number of hydrazine groups is 1. The molecular formula is C23H25N4O4S+. The van der Waals surface area contributed by atoms with Crippen LogP contribution in [0.1, 0.15) is 28.8 Å². The van der Waals surface area contributed by atoms with Gasteiger partial charge in [0.2, 0.25) is 5.91 Å². The van der Waals surface area contributed by atoms with Gasteiger partial charge in [-0.15, -0.1) is 0 Å². The van der Waals surface area contributed by atoms with Crippen molar-refractivity contribution in [2.45, 2.75) is 30.7 Å². The lowest BCUT2D eigenvalue weighted by Crippen LogP contribution is -2.43. The van der Waals surface area contributed by atoms with E-state index in [2.05, 4.69) is 12.1 Å². The fraction of sp³-hybridized carbons (Fsp3) is 0.348. The number of fused-ring (bicyclic) bond motifs is 1. The number of nitroso groups, excluding NO2 is 1. The number of thioether (sulfide) groups is 1. The Bertz CT molecular complexity index is 1050. The molecule has 4 rings (SSSR count).